The van der Waals surface area contributed by atoms with Crippen LogP contribution in [0.5, 0.6) is 0 Å². The van der Waals surface area contributed by atoms with Crippen LogP contribution in [-0.4, -0.2) is 0 Å². The molecule has 0 saturated heterocycles. The van der Waals surface area contributed by atoms with Gasteiger partial charge in [-0.2, -0.15) is 0 Å². The Morgan fingerprint density at radius 2 is 1.11 bits per heavy atom. The fourth-order valence-corrected chi connectivity index (χ4v) is 7.34. The Bertz CT molecular complexity index is 1310. The molecule has 1 aliphatic heterocycles. The number of rotatable bonds is 3. The van der Waals surface area contributed by atoms with Crippen LogP contribution in [0.1, 0.15) is 78.5 Å². The first-order chi connectivity index (χ1) is 17.9. The average molecular weight is 486 g/mol. The molecule has 1 aliphatic carbocycles. The SMILES string of the molecule is CC(C)C1c2ccccc2CC(C(C)(C)C2c3ccccc3CNc3ccccc32)Cc2ccccc21. The largest absolute Gasteiger partial charge is 0.381 e. The summed E-state index contributed by atoms with van der Waals surface area (Å²) in [5.74, 6) is 1.81. The molecule has 0 aromatic heterocycles. The molecule has 0 fully saturated rings. The number of benzene rings is 4. The molecule has 1 heterocycles. The fraction of sp³-hybridized carbons (Fsp3) is 0.333. The maximum atomic E-state index is 3.76. The predicted molar refractivity (Wildman–Crippen MR) is 156 cm³/mol. The third-order valence-electron chi connectivity index (χ3n) is 9.28. The van der Waals surface area contributed by atoms with Crippen LogP contribution in [0.25, 0.3) is 0 Å². The van der Waals surface area contributed by atoms with Crippen molar-refractivity contribution < 1.29 is 0 Å². The van der Waals surface area contributed by atoms with Crippen LogP contribution in [0.15, 0.2) is 97.1 Å². The van der Waals surface area contributed by atoms with Gasteiger partial charge in [0.15, 0.2) is 0 Å². The van der Waals surface area contributed by atoms with E-state index in [-0.39, 0.29) is 5.41 Å². The molecule has 6 rings (SSSR count). The second kappa shape index (κ2) is 9.53. The van der Waals surface area contributed by atoms with Crippen molar-refractivity contribution in [3.63, 3.8) is 0 Å². The molecule has 0 bridgehead atoms. The van der Waals surface area contributed by atoms with E-state index in [0.29, 0.717) is 23.7 Å². The van der Waals surface area contributed by atoms with Crippen molar-refractivity contribution >= 4 is 5.69 Å². The molecule has 1 unspecified atom stereocenters. The minimum absolute atomic E-state index is 0.0309. The zero-order valence-electron chi connectivity index (χ0n) is 22.7. The standard InChI is InChI=1S/C36H39N/c1-24(2)34-29-16-8-5-13-25(29)21-28(22-26-14-6-9-17-30(26)34)36(3,4)35-31-18-10-7-15-27(31)23-37-33-20-12-11-19-32(33)35/h5-20,24,28,34-35,37H,21-23H2,1-4H3. The topological polar surface area (TPSA) is 12.0 Å². The van der Waals surface area contributed by atoms with Crippen molar-refractivity contribution in [2.45, 2.75) is 58.9 Å². The van der Waals surface area contributed by atoms with E-state index in [1.165, 1.54) is 44.6 Å². The lowest BCUT2D eigenvalue weighted by atomic mass is 9.59. The Morgan fingerprint density at radius 1 is 0.622 bits per heavy atom. The lowest BCUT2D eigenvalue weighted by Gasteiger charge is -2.44. The van der Waals surface area contributed by atoms with Gasteiger partial charge in [-0.25, -0.2) is 0 Å². The first-order valence-corrected chi connectivity index (χ1v) is 14.0. The van der Waals surface area contributed by atoms with E-state index >= 15 is 0 Å². The summed E-state index contributed by atoms with van der Waals surface area (Å²) in [6.45, 7) is 10.7. The molecule has 0 saturated carbocycles. The summed E-state index contributed by atoms with van der Waals surface area (Å²) in [5, 5.41) is 3.76. The number of anilines is 1. The molecule has 0 spiro atoms. The molecular weight excluding hydrogens is 446 g/mol. The van der Waals surface area contributed by atoms with E-state index in [1.54, 1.807) is 0 Å². The van der Waals surface area contributed by atoms with Gasteiger partial charge < -0.3 is 5.32 Å². The summed E-state index contributed by atoms with van der Waals surface area (Å²) >= 11 is 0. The molecule has 188 valence electrons. The highest BCUT2D eigenvalue weighted by molar-refractivity contribution is 5.60. The van der Waals surface area contributed by atoms with Crippen LogP contribution < -0.4 is 5.32 Å². The summed E-state index contributed by atoms with van der Waals surface area (Å²) in [5.41, 5.74) is 11.7. The molecule has 1 heteroatoms. The lowest BCUT2D eigenvalue weighted by molar-refractivity contribution is 0.178. The van der Waals surface area contributed by atoms with Crippen molar-refractivity contribution in [3.05, 3.63) is 136 Å². The number of fused-ring (bicyclic) bond motifs is 4. The molecule has 37 heavy (non-hydrogen) atoms. The first kappa shape index (κ1) is 24.0. The highest BCUT2D eigenvalue weighted by Gasteiger charge is 2.43. The second-order valence-electron chi connectivity index (χ2n) is 12.1. The van der Waals surface area contributed by atoms with Crippen molar-refractivity contribution in [2.24, 2.45) is 17.3 Å². The Balaban J connectivity index is 1.53. The first-order valence-electron chi connectivity index (χ1n) is 14.0. The minimum atomic E-state index is 0.0309. The van der Waals surface area contributed by atoms with Gasteiger partial charge in [-0.3, -0.25) is 0 Å². The normalized spacial score (nSPS) is 20.8. The quantitative estimate of drug-likeness (QED) is 0.305. The maximum Gasteiger partial charge on any atom is 0.0403 e. The zero-order chi connectivity index (χ0) is 25.6. The summed E-state index contributed by atoms with van der Waals surface area (Å²) in [6.07, 6.45) is 2.21. The van der Waals surface area contributed by atoms with Crippen molar-refractivity contribution in [1.29, 1.82) is 0 Å². The molecule has 2 aliphatic rings. The smallest absolute Gasteiger partial charge is 0.0403 e. The monoisotopic (exact) mass is 485 g/mol. The number of hydrogen-bond acceptors (Lipinski definition) is 1. The van der Waals surface area contributed by atoms with Gasteiger partial charge in [0.05, 0.1) is 0 Å². The van der Waals surface area contributed by atoms with Gasteiger partial charge in [0.25, 0.3) is 0 Å². The summed E-state index contributed by atoms with van der Waals surface area (Å²) < 4.78 is 0. The van der Waals surface area contributed by atoms with E-state index in [4.69, 9.17) is 0 Å². The molecule has 4 aromatic rings. The number of hydrogen-bond donors (Lipinski definition) is 1. The van der Waals surface area contributed by atoms with Gasteiger partial charge in [0.1, 0.15) is 0 Å². The minimum Gasteiger partial charge on any atom is -0.381 e. The van der Waals surface area contributed by atoms with Gasteiger partial charge >= 0.3 is 0 Å². The Kier molecular flexibility index (Phi) is 6.19. The third-order valence-corrected chi connectivity index (χ3v) is 9.28. The Labute approximate surface area is 223 Å². The van der Waals surface area contributed by atoms with E-state index in [1.807, 2.05) is 0 Å². The molecular formula is C36H39N. The van der Waals surface area contributed by atoms with Gasteiger partial charge in [-0.15, -0.1) is 0 Å². The van der Waals surface area contributed by atoms with Gasteiger partial charge in [0.2, 0.25) is 0 Å². The molecule has 1 N–H and O–H groups in total. The van der Waals surface area contributed by atoms with Crippen molar-refractivity contribution in [2.75, 3.05) is 5.32 Å². The average Bonchev–Trinajstić information content (AvgIpc) is 3.06. The third kappa shape index (κ3) is 4.19. The summed E-state index contributed by atoms with van der Waals surface area (Å²) in [7, 11) is 0. The Morgan fingerprint density at radius 3 is 1.70 bits per heavy atom. The molecule has 0 amide bonds. The highest BCUT2D eigenvalue weighted by atomic mass is 14.9. The van der Waals surface area contributed by atoms with Crippen LogP contribution in [0.3, 0.4) is 0 Å². The molecule has 0 radical (unpaired) electrons. The maximum absolute atomic E-state index is 3.76. The van der Waals surface area contributed by atoms with Crippen LogP contribution >= 0.6 is 0 Å². The van der Waals surface area contributed by atoms with Gasteiger partial charge in [-0.1, -0.05) is 119 Å². The van der Waals surface area contributed by atoms with Crippen LogP contribution in [-0.2, 0) is 19.4 Å². The van der Waals surface area contributed by atoms with E-state index in [0.717, 1.165) is 19.4 Å². The molecule has 1 nitrogen and oxygen atoms in total. The number of nitrogens with one attached hydrogen (secondary N) is 1. The van der Waals surface area contributed by atoms with Crippen LogP contribution in [0.4, 0.5) is 5.69 Å². The highest BCUT2D eigenvalue weighted by Crippen LogP contribution is 2.53. The van der Waals surface area contributed by atoms with Gasteiger partial charge in [-0.05, 0) is 75.1 Å². The van der Waals surface area contributed by atoms with E-state index < -0.39 is 0 Å². The Hall–Kier alpha value is -3.32. The summed E-state index contributed by atoms with van der Waals surface area (Å²) in [6, 6.07) is 36.7. The van der Waals surface area contributed by atoms with E-state index in [2.05, 4.69) is 130 Å². The lowest BCUT2D eigenvalue weighted by Crippen LogP contribution is -2.36. The predicted octanol–water partition coefficient (Wildman–Crippen LogP) is 8.97. The van der Waals surface area contributed by atoms with E-state index in [9.17, 15) is 0 Å². The van der Waals surface area contributed by atoms with Crippen molar-refractivity contribution in [1.82, 2.24) is 0 Å². The number of para-hydroxylation sites is 1. The molecule has 1 atom stereocenters. The van der Waals surface area contributed by atoms with Gasteiger partial charge in [0, 0.05) is 24.1 Å². The van der Waals surface area contributed by atoms with Crippen LogP contribution in [0.2, 0.25) is 0 Å². The molecule has 4 aromatic carbocycles. The second-order valence-corrected chi connectivity index (χ2v) is 12.1. The summed E-state index contributed by atoms with van der Waals surface area (Å²) in [4.78, 5) is 0. The fourth-order valence-electron chi connectivity index (χ4n) is 7.34. The van der Waals surface area contributed by atoms with Crippen molar-refractivity contribution in [3.8, 4) is 0 Å². The van der Waals surface area contributed by atoms with Crippen LogP contribution in [0, 0.1) is 17.3 Å². The zero-order valence-corrected chi connectivity index (χ0v) is 22.7.